The first kappa shape index (κ1) is 14.6. The molecule has 0 atom stereocenters. The number of nitrogens with zero attached hydrogens (tertiary/aromatic N) is 1. The van der Waals surface area contributed by atoms with Gasteiger partial charge in [0.2, 0.25) is 0 Å². The molecule has 2 rings (SSSR count). The molecule has 2 aromatic rings. The molecule has 0 aliphatic carbocycles. The van der Waals surface area contributed by atoms with Gasteiger partial charge in [0, 0.05) is 18.5 Å². The number of hydrogen-bond acceptors (Lipinski definition) is 2. The van der Waals surface area contributed by atoms with Crippen molar-refractivity contribution in [3.8, 4) is 11.3 Å². The Labute approximate surface area is 115 Å². The molecule has 0 aliphatic rings. The van der Waals surface area contributed by atoms with Crippen LogP contribution in [0, 0.1) is 0 Å². The van der Waals surface area contributed by atoms with Crippen LogP contribution in [0.3, 0.4) is 0 Å². The van der Waals surface area contributed by atoms with Crippen molar-refractivity contribution in [1.29, 1.82) is 0 Å². The van der Waals surface area contributed by atoms with E-state index in [0.29, 0.717) is 13.1 Å². The largest absolute Gasteiger partial charge is 0.389 e. The third kappa shape index (κ3) is 4.38. The molecule has 1 heterocycles. The van der Waals surface area contributed by atoms with Crippen molar-refractivity contribution in [3.63, 3.8) is 0 Å². The van der Waals surface area contributed by atoms with Crippen LogP contribution < -0.4 is 5.32 Å². The van der Waals surface area contributed by atoms with Gasteiger partial charge in [0.1, 0.15) is 0 Å². The number of alkyl halides is 3. The van der Waals surface area contributed by atoms with Crippen LogP contribution in [0.25, 0.3) is 11.3 Å². The van der Waals surface area contributed by atoms with E-state index >= 15 is 0 Å². The number of rotatable bonds is 6. The average molecular weight is 283 g/mol. The Kier molecular flexibility index (Phi) is 4.79. The van der Waals surface area contributed by atoms with Crippen molar-refractivity contribution < 1.29 is 13.2 Å². The molecule has 1 aromatic carbocycles. The summed E-state index contributed by atoms with van der Waals surface area (Å²) < 4.78 is 36.0. The number of nitrogens with one attached hydrogen (secondary N) is 2. The summed E-state index contributed by atoms with van der Waals surface area (Å²) in [5.74, 6) is 0. The van der Waals surface area contributed by atoms with E-state index in [4.69, 9.17) is 0 Å². The van der Waals surface area contributed by atoms with Gasteiger partial charge in [0.25, 0.3) is 0 Å². The first-order valence-electron chi connectivity index (χ1n) is 6.41. The van der Waals surface area contributed by atoms with Crippen LogP contribution in [-0.4, -0.2) is 22.9 Å². The van der Waals surface area contributed by atoms with Crippen LogP contribution in [-0.2, 0) is 6.54 Å². The standard InChI is InChI=1S/C14H16F3N3/c15-14(16,17)7-4-8-18-9-12-10-19-20-13(12)11-5-2-1-3-6-11/h1-3,5-6,10,18H,4,7-9H2,(H,19,20). The molecular formula is C14H16F3N3. The predicted molar refractivity (Wildman–Crippen MR) is 71.0 cm³/mol. The van der Waals surface area contributed by atoms with Gasteiger partial charge in [0.05, 0.1) is 11.9 Å². The molecule has 0 spiro atoms. The molecule has 0 unspecified atom stereocenters. The van der Waals surface area contributed by atoms with Gasteiger partial charge >= 0.3 is 6.18 Å². The maximum atomic E-state index is 12.0. The van der Waals surface area contributed by atoms with E-state index in [2.05, 4.69) is 15.5 Å². The summed E-state index contributed by atoms with van der Waals surface area (Å²) in [7, 11) is 0. The number of aromatic amines is 1. The minimum absolute atomic E-state index is 0.0853. The van der Waals surface area contributed by atoms with E-state index in [9.17, 15) is 13.2 Å². The molecule has 0 amide bonds. The molecule has 108 valence electrons. The van der Waals surface area contributed by atoms with Gasteiger partial charge in [-0.2, -0.15) is 18.3 Å². The van der Waals surface area contributed by atoms with Crippen LogP contribution in [0.4, 0.5) is 13.2 Å². The molecule has 1 aromatic heterocycles. The molecule has 0 aliphatic heterocycles. The van der Waals surface area contributed by atoms with Crippen LogP contribution in [0.5, 0.6) is 0 Å². The summed E-state index contributed by atoms with van der Waals surface area (Å²) in [6.07, 6.45) is -3.05. The lowest BCUT2D eigenvalue weighted by Crippen LogP contribution is -2.17. The zero-order chi connectivity index (χ0) is 14.4. The molecule has 0 radical (unpaired) electrons. The van der Waals surface area contributed by atoms with Crippen LogP contribution in [0.15, 0.2) is 36.5 Å². The first-order valence-corrected chi connectivity index (χ1v) is 6.41. The topological polar surface area (TPSA) is 40.7 Å². The Bertz CT molecular complexity index is 520. The van der Waals surface area contributed by atoms with Gasteiger partial charge in [0.15, 0.2) is 0 Å². The predicted octanol–water partition coefficient (Wildman–Crippen LogP) is 3.51. The van der Waals surface area contributed by atoms with E-state index < -0.39 is 12.6 Å². The van der Waals surface area contributed by atoms with Gasteiger partial charge < -0.3 is 5.32 Å². The third-order valence-electron chi connectivity index (χ3n) is 2.91. The fraction of sp³-hybridized carbons (Fsp3) is 0.357. The van der Waals surface area contributed by atoms with Gasteiger partial charge in [-0.25, -0.2) is 0 Å². The van der Waals surface area contributed by atoms with Crippen molar-refractivity contribution >= 4 is 0 Å². The second-order valence-electron chi connectivity index (χ2n) is 4.53. The van der Waals surface area contributed by atoms with Crippen LogP contribution in [0.2, 0.25) is 0 Å². The number of benzene rings is 1. The average Bonchev–Trinajstić information content (AvgIpc) is 2.86. The molecule has 3 nitrogen and oxygen atoms in total. The Morgan fingerprint density at radius 1 is 1.15 bits per heavy atom. The normalized spacial score (nSPS) is 11.8. The summed E-state index contributed by atoms with van der Waals surface area (Å²) in [6, 6.07) is 9.70. The summed E-state index contributed by atoms with van der Waals surface area (Å²) in [5.41, 5.74) is 2.86. The van der Waals surface area contributed by atoms with Crippen molar-refractivity contribution in [1.82, 2.24) is 15.5 Å². The Morgan fingerprint density at radius 3 is 2.60 bits per heavy atom. The van der Waals surface area contributed by atoms with Crippen LogP contribution in [0.1, 0.15) is 18.4 Å². The zero-order valence-electron chi connectivity index (χ0n) is 10.9. The Balaban J connectivity index is 1.84. The van der Waals surface area contributed by atoms with E-state index in [1.165, 1.54) is 0 Å². The summed E-state index contributed by atoms with van der Waals surface area (Å²) in [4.78, 5) is 0. The van der Waals surface area contributed by atoms with E-state index in [0.717, 1.165) is 16.8 Å². The number of hydrogen-bond donors (Lipinski definition) is 2. The summed E-state index contributed by atoms with van der Waals surface area (Å²) in [5, 5.41) is 9.92. The fourth-order valence-corrected chi connectivity index (χ4v) is 1.94. The highest BCUT2D eigenvalue weighted by atomic mass is 19.4. The molecule has 20 heavy (non-hydrogen) atoms. The molecule has 0 saturated carbocycles. The van der Waals surface area contributed by atoms with Gasteiger partial charge in [-0.15, -0.1) is 0 Å². The highest BCUT2D eigenvalue weighted by molar-refractivity contribution is 5.62. The fourth-order valence-electron chi connectivity index (χ4n) is 1.94. The molecule has 2 N–H and O–H groups in total. The van der Waals surface area contributed by atoms with E-state index in [1.54, 1.807) is 6.20 Å². The molecule has 0 saturated heterocycles. The van der Waals surface area contributed by atoms with Gasteiger partial charge in [-0.3, -0.25) is 5.10 Å². The lowest BCUT2D eigenvalue weighted by molar-refractivity contribution is -0.135. The number of halogens is 3. The highest BCUT2D eigenvalue weighted by Crippen LogP contribution is 2.22. The van der Waals surface area contributed by atoms with Crippen molar-refractivity contribution in [2.45, 2.75) is 25.6 Å². The number of H-pyrrole nitrogens is 1. The molecular weight excluding hydrogens is 267 g/mol. The zero-order valence-corrected chi connectivity index (χ0v) is 10.9. The third-order valence-corrected chi connectivity index (χ3v) is 2.91. The minimum atomic E-state index is -4.08. The smallest absolute Gasteiger partial charge is 0.313 e. The monoisotopic (exact) mass is 283 g/mol. The quantitative estimate of drug-likeness (QED) is 0.796. The Morgan fingerprint density at radius 2 is 1.90 bits per heavy atom. The number of aromatic nitrogens is 2. The van der Waals surface area contributed by atoms with Crippen molar-refractivity contribution in [2.24, 2.45) is 0 Å². The Hall–Kier alpha value is -1.82. The van der Waals surface area contributed by atoms with Crippen molar-refractivity contribution in [2.75, 3.05) is 6.54 Å². The highest BCUT2D eigenvalue weighted by Gasteiger charge is 2.25. The summed E-state index contributed by atoms with van der Waals surface area (Å²) in [6.45, 7) is 0.831. The second-order valence-corrected chi connectivity index (χ2v) is 4.53. The maximum Gasteiger partial charge on any atom is 0.389 e. The molecule has 0 bridgehead atoms. The maximum absolute atomic E-state index is 12.0. The molecule has 0 fully saturated rings. The van der Waals surface area contributed by atoms with Crippen molar-refractivity contribution in [3.05, 3.63) is 42.1 Å². The molecule has 6 heteroatoms. The van der Waals surface area contributed by atoms with E-state index in [-0.39, 0.29) is 6.42 Å². The van der Waals surface area contributed by atoms with Crippen LogP contribution >= 0.6 is 0 Å². The summed E-state index contributed by atoms with van der Waals surface area (Å²) >= 11 is 0. The SMILES string of the molecule is FC(F)(F)CCCNCc1cn[nH]c1-c1ccccc1. The van der Waals surface area contributed by atoms with Gasteiger partial charge in [-0.05, 0) is 18.5 Å². The second kappa shape index (κ2) is 6.56. The van der Waals surface area contributed by atoms with Gasteiger partial charge in [-0.1, -0.05) is 30.3 Å². The first-order chi connectivity index (χ1) is 9.56. The van der Waals surface area contributed by atoms with E-state index in [1.807, 2.05) is 30.3 Å². The lowest BCUT2D eigenvalue weighted by atomic mass is 10.1. The lowest BCUT2D eigenvalue weighted by Gasteiger charge is -2.07. The minimum Gasteiger partial charge on any atom is -0.313 e.